The van der Waals surface area contributed by atoms with Gasteiger partial charge >= 0.3 is 0 Å². The van der Waals surface area contributed by atoms with E-state index in [1.165, 1.54) is 24.8 Å². The van der Waals surface area contributed by atoms with E-state index in [0.29, 0.717) is 33.3 Å². The van der Waals surface area contributed by atoms with Gasteiger partial charge in [-0.15, -0.1) is 10.2 Å². The highest BCUT2D eigenvalue weighted by Crippen LogP contribution is 2.39. The van der Waals surface area contributed by atoms with Crippen molar-refractivity contribution in [2.24, 2.45) is 0 Å². The van der Waals surface area contributed by atoms with E-state index in [0.717, 1.165) is 24.8 Å². The van der Waals surface area contributed by atoms with Crippen LogP contribution in [0.5, 0.6) is 11.6 Å². The normalized spacial score (nSPS) is 24.9. The Kier molecular flexibility index (Phi) is 5.19. The summed E-state index contributed by atoms with van der Waals surface area (Å²) in [5, 5.41) is 23.7. The number of ether oxygens (including phenoxy) is 1. The molecule has 2 saturated heterocycles. The third kappa shape index (κ3) is 3.70. The number of hydrogen-bond acceptors (Lipinski definition) is 9. The molecule has 0 aliphatic carbocycles. The number of halogens is 1. The molecule has 2 N–H and O–H groups in total. The van der Waals surface area contributed by atoms with E-state index >= 15 is 0 Å². The van der Waals surface area contributed by atoms with E-state index in [-0.39, 0.29) is 17.8 Å². The number of alkyl halides is 1. The maximum atomic E-state index is 14.9. The first kappa shape index (κ1) is 20.1. The topological polar surface area (TPSA) is 96.3 Å². The smallest absolute Gasteiger partial charge is 0.216 e. The fraction of sp³-hybridized carbons (Fsp3) is 0.429. The van der Waals surface area contributed by atoms with Crippen LogP contribution in [0.3, 0.4) is 0 Å². The minimum atomic E-state index is -0.936. The van der Waals surface area contributed by atoms with E-state index in [1.54, 1.807) is 18.2 Å². The zero-order valence-electron chi connectivity index (χ0n) is 17.2. The van der Waals surface area contributed by atoms with Crippen LogP contribution in [-0.4, -0.2) is 63.7 Å². The molecule has 0 radical (unpaired) electrons. The van der Waals surface area contributed by atoms with Gasteiger partial charge in [0.2, 0.25) is 11.0 Å². The fourth-order valence-corrected chi connectivity index (χ4v) is 5.34. The first-order valence-electron chi connectivity index (χ1n) is 10.2. The lowest BCUT2D eigenvalue weighted by molar-refractivity contribution is 0.176. The summed E-state index contributed by atoms with van der Waals surface area (Å²) in [5.41, 5.74) is 1.94. The molecular formula is C21H23FN6O2S. The van der Waals surface area contributed by atoms with Crippen LogP contribution in [0.25, 0.3) is 21.8 Å². The van der Waals surface area contributed by atoms with Gasteiger partial charge in [-0.1, -0.05) is 17.4 Å². The zero-order valence-corrected chi connectivity index (χ0v) is 18.0. The predicted molar refractivity (Wildman–Crippen MR) is 116 cm³/mol. The van der Waals surface area contributed by atoms with Crippen molar-refractivity contribution in [1.82, 2.24) is 25.5 Å². The number of nitrogens with one attached hydrogen (secondary N) is 1. The molecular weight excluding hydrogens is 419 g/mol. The number of methoxy groups -OCH3 is 1. The molecule has 2 aliphatic heterocycles. The van der Waals surface area contributed by atoms with Crippen LogP contribution >= 0.6 is 11.3 Å². The molecule has 31 heavy (non-hydrogen) atoms. The molecule has 2 bridgehead atoms. The summed E-state index contributed by atoms with van der Waals surface area (Å²) in [6.07, 6.45) is 3.14. The lowest BCUT2D eigenvalue weighted by Crippen LogP contribution is -2.55. The number of rotatable bonds is 5. The molecule has 0 saturated carbocycles. The van der Waals surface area contributed by atoms with Crippen LogP contribution in [0.2, 0.25) is 0 Å². The minimum Gasteiger partial charge on any atom is -0.507 e. The van der Waals surface area contributed by atoms with Crippen molar-refractivity contribution < 1.29 is 14.2 Å². The van der Waals surface area contributed by atoms with Crippen molar-refractivity contribution in [3.63, 3.8) is 0 Å². The molecule has 2 aromatic heterocycles. The van der Waals surface area contributed by atoms with Crippen molar-refractivity contribution in [1.29, 1.82) is 0 Å². The van der Waals surface area contributed by atoms with Crippen molar-refractivity contribution >= 4 is 16.5 Å². The number of aromatic nitrogens is 4. The lowest BCUT2D eigenvalue weighted by Gasteiger charge is -2.38. The van der Waals surface area contributed by atoms with E-state index in [9.17, 15) is 9.50 Å². The maximum Gasteiger partial charge on any atom is 0.216 e. The highest BCUT2D eigenvalue weighted by Gasteiger charge is 2.44. The SMILES string of the molecule is COc1cc(-c2ccc(-c3nnc(N(C)[C@H]4CC5CCC(N5)[C@H]4F)s3)c(O)c2)ncn1. The number of hydrogen-bond donors (Lipinski definition) is 2. The molecule has 2 unspecified atom stereocenters. The molecule has 4 atom stereocenters. The van der Waals surface area contributed by atoms with E-state index in [4.69, 9.17) is 4.74 Å². The second-order valence-corrected chi connectivity index (χ2v) is 8.93. The van der Waals surface area contributed by atoms with Gasteiger partial charge in [0, 0.05) is 30.8 Å². The Morgan fingerprint density at radius 2 is 2.10 bits per heavy atom. The molecule has 2 aliphatic rings. The number of nitrogens with zero attached hydrogens (tertiary/aromatic N) is 5. The maximum absolute atomic E-state index is 14.9. The third-order valence-corrected chi connectivity index (χ3v) is 7.19. The Morgan fingerprint density at radius 3 is 2.90 bits per heavy atom. The number of fused-ring (bicyclic) bond motifs is 2. The van der Waals surface area contributed by atoms with Crippen molar-refractivity contribution in [3.05, 3.63) is 30.6 Å². The molecule has 1 aromatic carbocycles. The first-order valence-corrected chi connectivity index (χ1v) is 11.0. The van der Waals surface area contributed by atoms with Crippen LogP contribution in [0.1, 0.15) is 19.3 Å². The van der Waals surface area contributed by atoms with E-state index < -0.39 is 6.17 Å². The van der Waals surface area contributed by atoms with Gasteiger partial charge in [-0.2, -0.15) is 0 Å². The van der Waals surface area contributed by atoms with Crippen molar-refractivity contribution in [2.75, 3.05) is 19.1 Å². The summed E-state index contributed by atoms with van der Waals surface area (Å²) in [7, 11) is 3.41. The molecule has 8 nitrogen and oxygen atoms in total. The zero-order chi connectivity index (χ0) is 21.5. The largest absolute Gasteiger partial charge is 0.507 e. The molecule has 0 amide bonds. The van der Waals surface area contributed by atoms with Crippen LogP contribution in [-0.2, 0) is 0 Å². The Labute approximate surface area is 183 Å². The van der Waals surface area contributed by atoms with Gasteiger partial charge in [-0.3, -0.25) is 0 Å². The van der Waals surface area contributed by atoms with Crippen LogP contribution in [0.4, 0.5) is 9.52 Å². The average Bonchev–Trinajstić information content (AvgIpc) is 3.44. The van der Waals surface area contributed by atoms with E-state index in [1.807, 2.05) is 18.0 Å². The minimum absolute atomic E-state index is 0.0729. The second kappa shape index (κ2) is 8.01. The van der Waals surface area contributed by atoms with Gasteiger partial charge in [-0.05, 0) is 31.4 Å². The van der Waals surface area contributed by atoms with Crippen LogP contribution in [0.15, 0.2) is 30.6 Å². The number of phenols is 1. The summed E-state index contributed by atoms with van der Waals surface area (Å²) in [5.74, 6) is 0.520. The number of anilines is 1. The lowest BCUT2D eigenvalue weighted by atomic mass is 9.97. The van der Waals surface area contributed by atoms with E-state index in [2.05, 4.69) is 25.5 Å². The van der Waals surface area contributed by atoms with Crippen LogP contribution in [0, 0.1) is 0 Å². The summed E-state index contributed by atoms with van der Waals surface area (Å²) in [4.78, 5) is 10.1. The molecule has 3 aromatic rings. The number of piperidine rings is 1. The second-order valence-electron chi connectivity index (χ2n) is 7.97. The van der Waals surface area contributed by atoms with Gasteiger partial charge in [0.1, 0.15) is 18.2 Å². The van der Waals surface area contributed by atoms with Gasteiger partial charge in [0.05, 0.1) is 24.4 Å². The van der Waals surface area contributed by atoms with Gasteiger partial charge in [0.25, 0.3) is 0 Å². The van der Waals surface area contributed by atoms with Crippen LogP contribution < -0.4 is 15.0 Å². The third-order valence-electron chi connectivity index (χ3n) is 6.14. The van der Waals surface area contributed by atoms with Crippen molar-refractivity contribution in [3.8, 4) is 33.5 Å². The van der Waals surface area contributed by atoms with Gasteiger partial charge < -0.3 is 20.1 Å². The molecule has 2 fully saturated rings. The summed E-state index contributed by atoms with van der Waals surface area (Å²) < 4.78 is 20.1. The fourth-order valence-electron chi connectivity index (χ4n) is 4.44. The quantitative estimate of drug-likeness (QED) is 0.623. The average molecular weight is 443 g/mol. The Balaban J connectivity index is 1.38. The summed E-state index contributed by atoms with van der Waals surface area (Å²) in [6.45, 7) is 0. The molecule has 10 heteroatoms. The number of phenolic OH excluding ortho intramolecular Hbond substituents is 1. The predicted octanol–water partition coefficient (Wildman–Crippen LogP) is 3.04. The van der Waals surface area contributed by atoms with Gasteiger partial charge in [0.15, 0.2) is 5.01 Å². The Morgan fingerprint density at radius 1 is 1.23 bits per heavy atom. The Bertz CT molecular complexity index is 1100. The highest BCUT2D eigenvalue weighted by atomic mass is 32.1. The standard InChI is InChI=1S/C21H23FN6O2S/c1-28(16-8-12-4-6-14(25-12)19(16)22)21-27-26-20(31-21)13-5-3-11(7-17(13)29)15-9-18(30-2)24-10-23-15/h3,5,7,9-10,12,14,16,19,25,29H,4,6,8H2,1-2H3/t12?,14?,16-,19+/m0/s1. The highest BCUT2D eigenvalue weighted by molar-refractivity contribution is 7.18. The number of aromatic hydroxyl groups is 1. The number of benzene rings is 1. The summed E-state index contributed by atoms with van der Waals surface area (Å²) in [6, 6.07) is 7.04. The molecule has 4 heterocycles. The van der Waals surface area contributed by atoms with Crippen molar-refractivity contribution in [2.45, 2.75) is 43.6 Å². The Hall–Kier alpha value is -2.85. The molecule has 5 rings (SSSR count). The van der Waals surface area contributed by atoms with Gasteiger partial charge in [-0.25, -0.2) is 14.4 Å². The molecule has 0 spiro atoms. The first-order chi connectivity index (χ1) is 15.0. The summed E-state index contributed by atoms with van der Waals surface area (Å²) >= 11 is 1.35. The molecule has 162 valence electrons. The monoisotopic (exact) mass is 442 g/mol.